The van der Waals surface area contributed by atoms with Crippen LogP contribution in [0.25, 0.3) is 0 Å². The molecule has 0 amide bonds. The average molecular weight is 218 g/mol. The highest BCUT2D eigenvalue weighted by molar-refractivity contribution is 5.75. The van der Waals surface area contributed by atoms with Crippen LogP contribution in [0.4, 0.5) is 0 Å². The number of methoxy groups -OCH3 is 1. The van der Waals surface area contributed by atoms with E-state index in [1.165, 1.54) is 0 Å². The number of ether oxygens (including phenoxy) is 3. The normalized spacial score (nSPS) is 13.7. The van der Waals surface area contributed by atoms with Crippen molar-refractivity contribution in [1.29, 1.82) is 0 Å². The van der Waals surface area contributed by atoms with E-state index in [1.54, 1.807) is 14.0 Å². The Labute approximate surface area is 91.9 Å². The van der Waals surface area contributed by atoms with E-state index in [4.69, 9.17) is 14.2 Å². The van der Waals surface area contributed by atoms with Crippen LogP contribution in [-0.2, 0) is 19.0 Å². The van der Waals surface area contributed by atoms with Gasteiger partial charge in [0.1, 0.15) is 0 Å². The molecule has 15 heavy (non-hydrogen) atoms. The van der Waals surface area contributed by atoms with E-state index in [1.807, 2.05) is 20.8 Å². The first kappa shape index (κ1) is 14.4. The summed E-state index contributed by atoms with van der Waals surface area (Å²) >= 11 is 0. The summed E-state index contributed by atoms with van der Waals surface area (Å²) in [6.07, 6.45) is 0.231. The SMILES string of the molecule is CCC(C)(C)C(=O)OC(C)OCCOC. The van der Waals surface area contributed by atoms with Crippen LogP contribution in [0.1, 0.15) is 34.1 Å². The minimum Gasteiger partial charge on any atom is -0.436 e. The van der Waals surface area contributed by atoms with Gasteiger partial charge in [0, 0.05) is 7.11 Å². The molecule has 0 bridgehead atoms. The predicted octanol–water partition coefficient (Wildman–Crippen LogP) is 1.97. The molecule has 0 fully saturated rings. The van der Waals surface area contributed by atoms with Crippen LogP contribution in [0.2, 0.25) is 0 Å². The van der Waals surface area contributed by atoms with Crippen molar-refractivity contribution in [3.05, 3.63) is 0 Å². The van der Waals surface area contributed by atoms with Gasteiger partial charge in [-0.25, -0.2) is 0 Å². The lowest BCUT2D eigenvalue weighted by Crippen LogP contribution is -2.30. The maximum atomic E-state index is 11.6. The van der Waals surface area contributed by atoms with Gasteiger partial charge in [0.05, 0.1) is 18.6 Å². The number of hydrogen-bond acceptors (Lipinski definition) is 4. The summed E-state index contributed by atoms with van der Waals surface area (Å²) in [4.78, 5) is 11.6. The Morgan fingerprint density at radius 2 is 1.93 bits per heavy atom. The highest BCUT2D eigenvalue weighted by atomic mass is 16.7. The number of rotatable bonds is 7. The van der Waals surface area contributed by atoms with Crippen molar-refractivity contribution in [2.24, 2.45) is 5.41 Å². The van der Waals surface area contributed by atoms with E-state index < -0.39 is 11.7 Å². The molecule has 90 valence electrons. The molecule has 0 rings (SSSR count). The third-order valence-electron chi connectivity index (χ3n) is 2.35. The van der Waals surface area contributed by atoms with Crippen molar-refractivity contribution >= 4 is 5.97 Å². The van der Waals surface area contributed by atoms with Crippen LogP contribution in [0.5, 0.6) is 0 Å². The summed E-state index contributed by atoms with van der Waals surface area (Å²) in [7, 11) is 1.60. The number of carbonyl (C=O) groups is 1. The lowest BCUT2D eigenvalue weighted by atomic mass is 9.91. The number of esters is 1. The molecule has 0 aliphatic rings. The average Bonchev–Trinajstić information content (AvgIpc) is 2.18. The van der Waals surface area contributed by atoms with E-state index in [0.29, 0.717) is 13.2 Å². The molecule has 0 aromatic rings. The molecule has 0 N–H and O–H groups in total. The molecule has 0 aliphatic carbocycles. The molecule has 0 aromatic carbocycles. The number of carbonyl (C=O) groups excluding carboxylic acids is 1. The van der Waals surface area contributed by atoms with Crippen molar-refractivity contribution < 1.29 is 19.0 Å². The minimum absolute atomic E-state index is 0.227. The summed E-state index contributed by atoms with van der Waals surface area (Å²) in [5.41, 5.74) is -0.446. The lowest BCUT2D eigenvalue weighted by molar-refractivity contribution is -0.186. The van der Waals surface area contributed by atoms with E-state index in [9.17, 15) is 4.79 Å². The van der Waals surface area contributed by atoms with Gasteiger partial charge in [-0.1, -0.05) is 6.92 Å². The van der Waals surface area contributed by atoms with Gasteiger partial charge in [-0.15, -0.1) is 0 Å². The van der Waals surface area contributed by atoms with Gasteiger partial charge in [0.25, 0.3) is 0 Å². The maximum Gasteiger partial charge on any atom is 0.313 e. The number of hydrogen-bond donors (Lipinski definition) is 0. The molecule has 0 aromatic heterocycles. The van der Waals surface area contributed by atoms with Crippen molar-refractivity contribution in [2.45, 2.75) is 40.4 Å². The van der Waals surface area contributed by atoms with Crippen LogP contribution in [-0.4, -0.2) is 32.6 Å². The van der Waals surface area contributed by atoms with E-state index in [0.717, 1.165) is 6.42 Å². The Hall–Kier alpha value is -0.610. The first-order chi connectivity index (χ1) is 6.94. The zero-order chi connectivity index (χ0) is 11.9. The first-order valence-electron chi connectivity index (χ1n) is 5.25. The Morgan fingerprint density at radius 3 is 2.40 bits per heavy atom. The molecular weight excluding hydrogens is 196 g/mol. The molecule has 0 aliphatic heterocycles. The van der Waals surface area contributed by atoms with Gasteiger partial charge in [0.2, 0.25) is 0 Å². The van der Waals surface area contributed by atoms with Crippen molar-refractivity contribution in [1.82, 2.24) is 0 Å². The molecule has 1 unspecified atom stereocenters. The minimum atomic E-state index is -0.515. The van der Waals surface area contributed by atoms with Crippen LogP contribution in [0.3, 0.4) is 0 Å². The Kier molecular flexibility index (Phi) is 6.52. The third kappa shape index (κ3) is 5.74. The zero-order valence-electron chi connectivity index (χ0n) is 10.3. The fourth-order valence-corrected chi connectivity index (χ4v) is 0.786. The summed E-state index contributed by atoms with van der Waals surface area (Å²) in [6.45, 7) is 8.31. The predicted molar refractivity (Wildman–Crippen MR) is 57.5 cm³/mol. The first-order valence-corrected chi connectivity index (χ1v) is 5.25. The maximum absolute atomic E-state index is 11.6. The Balaban J connectivity index is 3.86. The second kappa shape index (κ2) is 6.80. The standard InChI is InChI=1S/C11H22O4/c1-6-11(3,4)10(12)15-9(2)14-8-7-13-5/h9H,6-8H2,1-5H3. The highest BCUT2D eigenvalue weighted by Crippen LogP contribution is 2.22. The molecule has 0 heterocycles. The molecule has 0 saturated heterocycles. The van der Waals surface area contributed by atoms with Crippen LogP contribution >= 0.6 is 0 Å². The second-order valence-electron chi connectivity index (χ2n) is 4.07. The Bertz CT molecular complexity index is 189. The van der Waals surface area contributed by atoms with Crippen LogP contribution in [0, 0.1) is 5.41 Å². The molecule has 0 saturated carbocycles. The highest BCUT2D eigenvalue weighted by Gasteiger charge is 2.28. The Morgan fingerprint density at radius 1 is 1.33 bits per heavy atom. The summed E-state index contributed by atoms with van der Waals surface area (Å²) in [6, 6.07) is 0. The van der Waals surface area contributed by atoms with Gasteiger partial charge in [0.15, 0.2) is 6.29 Å². The topological polar surface area (TPSA) is 44.8 Å². The molecule has 4 nitrogen and oxygen atoms in total. The van der Waals surface area contributed by atoms with Crippen molar-refractivity contribution in [3.8, 4) is 0 Å². The fraction of sp³-hybridized carbons (Fsp3) is 0.909. The second-order valence-corrected chi connectivity index (χ2v) is 4.07. The summed E-state index contributed by atoms with van der Waals surface area (Å²) in [5.74, 6) is -0.227. The van der Waals surface area contributed by atoms with Gasteiger partial charge >= 0.3 is 5.97 Å². The lowest BCUT2D eigenvalue weighted by Gasteiger charge is -2.23. The van der Waals surface area contributed by atoms with E-state index in [2.05, 4.69) is 0 Å². The van der Waals surface area contributed by atoms with Gasteiger partial charge in [-0.2, -0.15) is 0 Å². The summed E-state index contributed by atoms with van der Waals surface area (Å²) in [5, 5.41) is 0. The third-order valence-corrected chi connectivity index (χ3v) is 2.35. The van der Waals surface area contributed by atoms with Crippen molar-refractivity contribution in [3.63, 3.8) is 0 Å². The van der Waals surface area contributed by atoms with Gasteiger partial charge in [-0.3, -0.25) is 4.79 Å². The van der Waals surface area contributed by atoms with Crippen LogP contribution in [0.15, 0.2) is 0 Å². The van der Waals surface area contributed by atoms with E-state index >= 15 is 0 Å². The quantitative estimate of drug-likeness (QED) is 0.372. The van der Waals surface area contributed by atoms with Crippen molar-refractivity contribution in [2.75, 3.05) is 20.3 Å². The molecule has 0 radical (unpaired) electrons. The zero-order valence-corrected chi connectivity index (χ0v) is 10.3. The van der Waals surface area contributed by atoms with Gasteiger partial charge < -0.3 is 14.2 Å². The fourth-order valence-electron chi connectivity index (χ4n) is 0.786. The molecule has 1 atom stereocenters. The molecular formula is C11H22O4. The monoisotopic (exact) mass is 218 g/mol. The molecule has 4 heteroatoms. The van der Waals surface area contributed by atoms with Gasteiger partial charge in [-0.05, 0) is 27.2 Å². The van der Waals surface area contributed by atoms with E-state index in [-0.39, 0.29) is 5.97 Å². The largest absolute Gasteiger partial charge is 0.436 e. The molecule has 0 spiro atoms. The smallest absolute Gasteiger partial charge is 0.313 e. The van der Waals surface area contributed by atoms with Crippen LogP contribution < -0.4 is 0 Å². The summed E-state index contributed by atoms with van der Waals surface area (Å²) < 4.78 is 15.2.